The van der Waals surface area contributed by atoms with Crippen molar-refractivity contribution >= 4 is 17.4 Å². The second kappa shape index (κ2) is 5.99. The van der Waals surface area contributed by atoms with E-state index in [2.05, 4.69) is 0 Å². The van der Waals surface area contributed by atoms with E-state index >= 15 is 0 Å². The molecule has 0 saturated carbocycles. The molecule has 0 spiro atoms. The van der Waals surface area contributed by atoms with Gasteiger partial charge in [-0.3, -0.25) is 4.79 Å². The Labute approximate surface area is 124 Å². The highest BCUT2D eigenvalue weighted by Crippen LogP contribution is 2.31. The number of hydrogen-bond donors (Lipinski definition) is 1. The molecule has 5 heteroatoms. The summed E-state index contributed by atoms with van der Waals surface area (Å²) in [5.41, 5.74) is 1.99. The minimum Gasteiger partial charge on any atom is -0.478 e. The van der Waals surface area contributed by atoms with Gasteiger partial charge in [0, 0.05) is 38.9 Å². The molecule has 0 radical (unpaired) electrons. The highest BCUT2D eigenvalue weighted by molar-refractivity contribution is 6.17. The molecule has 0 saturated heterocycles. The number of carbonyl (C=O) groups excluding carboxylic acids is 1. The molecule has 0 amide bonds. The summed E-state index contributed by atoms with van der Waals surface area (Å²) in [6.07, 6.45) is 1.67. The van der Waals surface area contributed by atoms with Gasteiger partial charge in [-0.05, 0) is 24.6 Å². The van der Waals surface area contributed by atoms with E-state index in [1.165, 1.54) is 6.20 Å². The Morgan fingerprint density at radius 2 is 1.95 bits per heavy atom. The van der Waals surface area contributed by atoms with Gasteiger partial charge in [-0.15, -0.1) is 0 Å². The molecule has 5 nitrogen and oxygen atoms in total. The normalized spacial score (nSPS) is 18.4. The molecule has 0 aromatic heterocycles. The minimum atomic E-state index is -1.15. The Hall–Kier alpha value is -2.30. The molecule has 1 atom stereocenters. The molecule has 0 aliphatic carbocycles. The number of anilines is 1. The highest BCUT2D eigenvalue weighted by Gasteiger charge is 2.31. The lowest BCUT2D eigenvalue weighted by Crippen LogP contribution is -2.33. The van der Waals surface area contributed by atoms with Crippen LogP contribution < -0.4 is 4.90 Å². The molecular weight excluding hydrogens is 268 g/mol. The van der Waals surface area contributed by atoms with Crippen LogP contribution in [0.25, 0.3) is 0 Å². The number of ketones is 1. The highest BCUT2D eigenvalue weighted by atomic mass is 16.4. The molecule has 112 valence electrons. The Bertz CT molecular complexity index is 576. The van der Waals surface area contributed by atoms with Crippen LogP contribution in [0.4, 0.5) is 5.69 Å². The van der Waals surface area contributed by atoms with Crippen molar-refractivity contribution in [3.8, 4) is 0 Å². The smallest absolute Gasteiger partial charge is 0.340 e. The van der Waals surface area contributed by atoms with Gasteiger partial charge in [-0.25, -0.2) is 4.79 Å². The van der Waals surface area contributed by atoms with Crippen LogP contribution in [0.1, 0.15) is 24.9 Å². The van der Waals surface area contributed by atoms with Crippen molar-refractivity contribution in [1.82, 2.24) is 4.90 Å². The average molecular weight is 288 g/mol. The van der Waals surface area contributed by atoms with Gasteiger partial charge in [-0.2, -0.15) is 0 Å². The van der Waals surface area contributed by atoms with Gasteiger partial charge in [0.25, 0.3) is 0 Å². The fraction of sp³-hybridized carbons (Fsp3) is 0.375. The molecular formula is C16H20N2O3. The maximum Gasteiger partial charge on any atom is 0.340 e. The predicted octanol–water partition coefficient (Wildman–Crippen LogP) is 2.06. The van der Waals surface area contributed by atoms with Crippen LogP contribution >= 0.6 is 0 Å². The van der Waals surface area contributed by atoms with Crippen molar-refractivity contribution < 1.29 is 14.7 Å². The maximum atomic E-state index is 12.0. The van der Waals surface area contributed by atoms with Crippen molar-refractivity contribution in [2.75, 3.05) is 25.5 Å². The minimum absolute atomic E-state index is 0.0955. The number of aliphatic carboxylic acids is 1. The van der Waals surface area contributed by atoms with Crippen molar-refractivity contribution in [3.63, 3.8) is 0 Å². The Morgan fingerprint density at radius 1 is 1.33 bits per heavy atom. The lowest BCUT2D eigenvalue weighted by molar-refractivity contribution is -0.135. The lowest BCUT2D eigenvalue weighted by Gasteiger charge is -2.33. The zero-order valence-corrected chi connectivity index (χ0v) is 12.5. The van der Waals surface area contributed by atoms with Crippen molar-refractivity contribution in [3.05, 3.63) is 41.6 Å². The summed E-state index contributed by atoms with van der Waals surface area (Å²) in [5, 5.41) is 9.05. The van der Waals surface area contributed by atoms with Gasteiger partial charge in [0.15, 0.2) is 5.78 Å². The predicted molar refractivity (Wildman–Crippen MR) is 81.2 cm³/mol. The molecule has 2 rings (SSSR count). The van der Waals surface area contributed by atoms with Gasteiger partial charge in [0.05, 0.1) is 6.04 Å². The SMILES string of the molecule is CCN1C=C(C(=O)O)C(=O)CC1c1ccc(N(C)C)cc1. The van der Waals surface area contributed by atoms with Gasteiger partial charge in [-0.1, -0.05) is 12.1 Å². The van der Waals surface area contributed by atoms with E-state index in [-0.39, 0.29) is 23.8 Å². The first kappa shape index (κ1) is 15.1. The molecule has 1 unspecified atom stereocenters. The van der Waals surface area contributed by atoms with E-state index in [0.717, 1.165) is 11.3 Å². The first-order valence-corrected chi connectivity index (χ1v) is 6.95. The molecule has 1 aromatic rings. The third kappa shape index (κ3) is 3.07. The Balaban J connectivity index is 2.31. The summed E-state index contributed by atoms with van der Waals surface area (Å²) in [6.45, 7) is 2.61. The van der Waals surface area contributed by atoms with Gasteiger partial charge in [0.2, 0.25) is 0 Å². The fourth-order valence-corrected chi connectivity index (χ4v) is 2.52. The Kier molecular flexibility index (Phi) is 4.31. The summed E-state index contributed by atoms with van der Waals surface area (Å²) in [5.74, 6) is -1.46. The van der Waals surface area contributed by atoms with Crippen molar-refractivity contribution in [2.24, 2.45) is 0 Å². The molecule has 0 fully saturated rings. The number of rotatable bonds is 4. The summed E-state index contributed by atoms with van der Waals surface area (Å²) >= 11 is 0. The van der Waals surface area contributed by atoms with E-state index in [4.69, 9.17) is 5.11 Å². The molecule has 1 heterocycles. The zero-order valence-electron chi connectivity index (χ0n) is 12.5. The molecule has 1 aliphatic heterocycles. The second-order valence-corrected chi connectivity index (χ2v) is 5.31. The van der Waals surface area contributed by atoms with Crippen LogP contribution in [0.15, 0.2) is 36.0 Å². The van der Waals surface area contributed by atoms with Crippen LogP contribution in [0.3, 0.4) is 0 Å². The van der Waals surface area contributed by atoms with E-state index < -0.39 is 5.97 Å². The quantitative estimate of drug-likeness (QED) is 0.859. The van der Waals surface area contributed by atoms with Crippen LogP contribution in [0.5, 0.6) is 0 Å². The number of carboxylic acids is 1. The third-order valence-corrected chi connectivity index (χ3v) is 3.76. The number of hydrogen-bond acceptors (Lipinski definition) is 4. The number of nitrogens with zero attached hydrogens (tertiary/aromatic N) is 2. The zero-order chi connectivity index (χ0) is 15.6. The van der Waals surface area contributed by atoms with E-state index in [0.29, 0.717) is 6.54 Å². The van der Waals surface area contributed by atoms with Crippen molar-refractivity contribution in [1.29, 1.82) is 0 Å². The maximum absolute atomic E-state index is 12.0. The number of carbonyl (C=O) groups is 2. The molecule has 0 bridgehead atoms. The summed E-state index contributed by atoms with van der Waals surface area (Å²) in [6, 6.07) is 7.90. The van der Waals surface area contributed by atoms with Crippen LogP contribution in [0, 0.1) is 0 Å². The van der Waals surface area contributed by atoms with E-state index in [1.54, 1.807) is 0 Å². The lowest BCUT2D eigenvalue weighted by atomic mass is 9.93. The molecule has 1 aliphatic rings. The summed E-state index contributed by atoms with van der Waals surface area (Å²) in [7, 11) is 3.94. The first-order chi connectivity index (χ1) is 9.93. The largest absolute Gasteiger partial charge is 0.478 e. The summed E-state index contributed by atoms with van der Waals surface area (Å²) in [4.78, 5) is 27.0. The number of Topliss-reactive ketones (excluding diaryl/α,β-unsaturated/α-hetero) is 1. The van der Waals surface area contributed by atoms with Crippen LogP contribution in [-0.2, 0) is 9.59 Å². The molecule has 1 aromatic carbocycles. The first-order valence-electron chi connectivity index (χ1n) is 6.95. The van der Waals surface area contributed by atoms with Crippen LogP contribution in [0.2, 0.25) is 0 Å². The van der Waals surface area contributed by atoms with E-state index in [9.17, 15) is 9.59 Å². The Morgan fingerprint density at radius 3 is 2.43 bits per heavy atom. The molecule has 21 heavy (non-hydrogen) atoms. The van der Waals surface area contributed by atoms with E-state index in [1.807, 2.05) is 55.1 Å². The van der Waals surface area contributed by atoms with Gasteiger partial charge >= 0.3 is 5.97 Å². The second-order valence-electron chi connectivity index (χ2n) is 5.31. The number of carboxylic acid groups (broad SMARTS) is 1. The fourth-order valence-electron chi connectivity index (χ4n) is 2.52. The monoisotopic (exact) mass is 288 g/mol. The standard InChI is InChI=1S/C16H20N2O3/c1-4-18-10-13(16(20)21)15(19)9-14(18)11-5-7-12(8-6-11)17(2)3/h5-8,10,14H,4,9H2,1-3H3,(H,20,21). The van der Waals surface area contributed by atoms with Gasteiger partial charge in [0.1, 0.15) is 5.57 Å². The van der Waals surface area contributed by atoms with Gasteiger partial charge < -0.3 is 14.9 Å². The average Bonchev–Trinajstić information content (AvgIpc) is 2.46. The molecule has 1 N–H and O–H groups in total. The third-order valence-electron chi connectivity index (χ3n) is 3.76. The van der Waals surface area contributed by atoms with Crippen LogP contribution in [-0.4, -0.2) is 42.4 Å². The van der Waals surface area contributed by atoms with Crippen molar-refractivity contribution in [2.45, 2.75) is 19.4 Å². The summed E-state index contributed by atoms with van der Waals surface area (Å²) < 4.78 is 0. The number of benzene rings is 1. The topological polar surface area (TPSA) is 60.9 Å².